The van der Waals surface area contributed by atoms with Crippen molar-refractivity contribution in [3.05, 3.63) is 34.6 Å². The monoisotopic (exact) mass is 231 g/mol. The molecule has 0 spiro atoms. The summed E-state index contributed by atoms with van der Waals surface area (Å²) in [7, 11) is 1.28. The minimum Gasteiger partial charge on any atom is -0.469 e. The van der Waals surface area contributed by atoms with Crippen LogP contribution in [0.3, 0.4) is 0 Å². The van der Waals surface area contributed by atoms with Crippen molar-refractivity contribution in [1.82, 2.24) is 0 Å². The van der Waals surface area contributed by atoms with Crippen molar-refractivity contribution >= 4 is 17.6 Å². The molecule has 0 unspecified atom stereocenters. The maximum absolute atomic E-state index is 13.1. The lowest BCUT2D eigenvalue weighted by atomic mass is 10.0. The average Bonchev–Trinajstić information content (AvgIpc) is 2.21. The number of ether oxygens (including phenoxy) is 1. The van der Waals surface area contributed by atoms with Gasteiger partial charge in [0.2, 0.25) is 0 Å². The topological polar surface area (TPSA) is 52.3 Å². The van der Waals surface area contributed by atoms with Gasteiger partial charge in [-0.25, -0.2) is 4.39 Å². The molecule has 0 saturated heterocycles. The van der Waals surface area contributed by atoms with Gasteiger partial charge >= 0.3 is 5.97 Å². The van der Waals surface area contributed by atoms with E-state index in [0.29, 0.717) is 5.56 Å². The Bertz CT molecular complexity index is 370. The second-order valence-corrected chi connectivity index (χ2v) is 3.47. The lowest BCUT2D eigenvalue weighted by Gasteiger charge is -2.10. The molecule has 0 aliphatic carbocycles. The van der Waals surface area contributed by atoms with Gasteiger partial charge in [-0.15, -0.1) is 0 Å². The normalized spacial score (nSPS) is 12.3. The van der Waals surface area contributed by atoms with Crippen LogP contribution in [-0.4, -0.2) is 13.1 Å². The van der Waals surface area contributed by atoms with E-state index in [9.17, 15) is 9.18 Å². The van der Waals surface area contributed by atoms with Gasteiger partial charge < -0.3 is 10.5 Å². The number of esters is 1. The molecule has 1 rings (SSSR count). The van der Waals surface area contributed by atoms with Crippen molar-refractivity contribution in [3.8, 4) is 0 Å². The Morgan fingerprint density at radius 3 is 2.87 bits per heavy atom. The third-order valence-electron chi connectivity index (χ3n) is 1.99. The second kappa shape index (κ2) is 5.09. The van der Waals surface area contributed by atoms with E-state index in [1.807, 2.05) is 0 Å². The molecular weight excluding hydrogens is 221 g/mol. The first kappa shape index (κ1) is 11.9. The van der Waals surface area contributed by atoms with E-state index in [-0.39, 0.29) is 11.4 Å². The lowest BCUT2D eigenvalue weighted by molar-refractivity contribution is -0.141. The molecule has 2 N–H and O–H groups in total. The zero-order chi connectivity index (χ0) is 11.4. The maximum atomic E-state index is 13.1. The summed E-state index contributed by atoms with van der Waals surface area (Å²) in [5.41, 5.74) is 6.20. The SMILES string of the molecule is COC(=O)C[C@H](N)c1ccc(Cl)c(F)c1. The molecule has 1 aromatic carbocycles. The largest absolute Gasteiger partial charge is 0.469 e. The van der Waals surface area contributed by atoms with Crippen molar-refractivity contribution in [2.24, 2.45) is 5.73 Å². The van der Waals surface area contributed by atoms with Crippen LogP contribution in [-0.2, 0) is 9.53 Å². The molecule has 3 nitrogen and oxygen atoms in total. The summed E-state index contributed by atoms with van der Waals surface area (Å²) in [6, 6.07) is 3.63. The highest BCUT2D eigenvalue weighted by molar-refractivity contribution is 6.30. The van der Waals surface area contributed by atoms with Gasteiger partial charge in [-0.05, 0) is 17.7 Å². The van der Waals surface area contributed by atoms with E-state index >= 15 is 0 Å². The summed E-state index contributed by atoms with van der Waals surface area (Å²) >= 11 is 5.51. The number of nitrogens with two attached hydrogens (primary N) is 1. The van der Waals surface area contributed by atoms with Gasteiger partial charge in [0.05, 0.1) is 18.6 Å². The maximum Gasteiger partial charge on any atom is 0.307 e. The number of carbonyl (C=O) groups is 1. The Morgan fingerprint density at radius 2 is 2.33 bits per heavy atom. The second-order valence-electron chi connectivity index (χ2n) is 3.06. The molecule has 15 heavy (non-hydrogen) atoms. The lowest BCUT2D eigenvalue weighted by Crippen LogP contribution is -2.16. The third kappa shape index (κ3) is 3.18. The molecule has 5 heteroatoms. The van der Waals surface area contributed by atoms with Crippen LogP contribution in [0.4, 0.5) is 4.39 Å². The van der Waals surface area contributed by atoms with Gasteiger partial charge in [-0.3, -0.25) is 4.79 Å². The van der Waals surface area contributed by atoms with Gasteiger partial charge in [0.1, 0.15) is 5.82 Å². The van der Waals surface area contributed by atoms with Crippen LogP contribution in [0.15, 0.2) is 18.2 Å². The van der Waals surface area contributed by atoms with Crippen molar-refractivity contribution in [2.45, 2.75) is 12.5 Å². The number of hydrogen-bond donors (Lipinski definition) is 1. The number of methoxy groups -OCH3 is 1. The summed E-state index contributed by atoms with van der Waals surface area (Å²) in [5.74, 6) is -0.979. The van der Waals surface area contributed by atoms with E-state index in [1.165, 1.54) is 19.2 Å². The Hall–Kier alpha value is -1.13. The smallest absolute Gasteiger partial charge is 0.307 e. The minimum absolute atomic E-state index is 0.0115. The van der Waals surface area contributed by atoms with Gasteiger partial charge in [-0.1, -0.05) is 17.7 Å². The fraction of sp³-hybridized carbons (Fsp3) is 0.300. The number of rotatable bonds is 3. The summed E-state index contributed by atoms with van der Waals surface area (Å²) < 4.78 is 17.5. The number of halogens is 2. The number of carbonyl (C=O) groups excluding carboxylic acids is 1. The first-order valence-corrected chi connectivity index (χ1v) is 4.69. The number of benzene rings is 1. The predicted octanol–water partition coefficient (Wildman–Crippen LogP) is 2.04. The van der Waals surface area contributed by atoms with Crippen LogP contribution in [0.1, 0.15) is 18.0 Å². The van der Waals surface area contributed by atoms with Crippen LogP contribution < -0.4 is 5.73 Å². The Balaban J connectivity index is 2.78. The standard InChI is InChI=1S/C10H11ClFNO2/c1-15-10(14)5-9(13)6-2-3-7(11)8(12)4-6/h2-4,9H,5,13H2,1H3/t9-/m0/s1. The fourth-order valence-electron chi connectivity index (χ4n) is 1.12. The first-order valence-electron chi connectivity index (χ1n) is 4.32. The molecule has 1 aromatic rings. The zero-order valence-electron chi connectivity index (χ0n) is 8.17. The molecule has 0 saturated carbocycles. The highest BCUT2D eigenvalue weighted by atomic mass is 35.5. The Labute approximate surface area is 92.0 Å². The highest BCUT2D eigenvalue weighted by Crippen LogP contribution is 2.20. The Morgan fingerprint density at radius 1 is 1.67 bits per heavy atom. The molecule has 82 valence electrons. The van der Waals surface area contributed by atoms with E-state index in [2.05, 4.69) is 4.74 Å². The van der Waals surface area contributed by atoms with Gasteiger partial charge in [0, 0.05) is 6.04 Å². The van der Waals surface area contributed by atoms with E-state index < -0.39 is 17.8 Å². The van der Waals surface area contributed by atoms with Crippen LogP contribution in [0, 0.1) is 5.82 Å². The van der Waals surface area contributed by atoms with Crippen LogP contribution >= 0.6 is 11.6 Å². The molecule has 0 bridgehead atoms. The van der Waals surface area contributed by atoms with Crippen molar-refractivity contribution in [2.75, 3.05) is 7.11 Å². The third-order valence-corrected chi connectivity index (χ3v) is 2.29. The number of hydrogen-bond acceptors (Lipinski definition) is 3. The first-order chi connectivity index (χ1) is 7.04. The summed E-state index contributed by atoms with van der Waals surface area (Å²) in [5, 5.41) is 0.0315. The van der Waals surface area contributed by atoms with E-state index in [0.717, 1.165) is 0 Å². The molecule has 0 fully saturated rings. The molecule has 0 amide bonds. The van der Waals surface area contributed by atoms with Crippen LogP contribution in [0.2, 0.25) is 5.02 Å². The van der Waals surface area contributed by atoms with Gasteiger partial charge in [0.25, 0.3) is 0 Å². The summed E-state index contributed by atoms with van der Waals surface area (Å²) in [6.45, 7) is 0. The molecule has 0 radical (unpaired) electrons. The Kier molecular flexibility index (Phi) is 4.05. The van der Waals surface area contributed by atoms with Gasteiger partial charge in [0.15, 0.2) is 0 Å². The van der Waals surface area contributed by atoms with Gasteiger partial charge in [-0.2, -0.15) is 0 Å². The quantitative estimate of drug-likeness (QED) is 0.810. The molecule has 1 atom stereocenters. The predicted molar refractivity (Wildman–Crippen MR) is 55.0 cm³/mol. The van der Waals surface area contributed by atoms with E-state index in [4.69, 9.17) is 17.3 Å². The minimum atomic E-state index is -0.579. The average molecular weight is 232 g/mol. The summed E-state index contributed by atoms with van der Waals surface area (Å²) in [6.07, 6.45) is 0.0115. The summed E-state index contributed by atoms with van der Waals surface area (Å²) in [4.78, 5) is 10.9. The molecule has 0 aliphatic heterocycles. The zero-order valence-corrected chi connectivity index (χ0v) is 8.92. The van der Waals surface area contributed by atoms with Crippen LogP contribution in [0.25, 0.3) is 0 Å². The molecule has 0 aromatic heterocycles. The van der Waals surface area contributed by atoms with Crippen molar-refractivity contribution < 1.29 is 13.9 Å². The highest BCUT2D eigenvalue weighted by Gasteiger charge is 2.13. The molecule has 0 aliphatic rings. The fourth-order valence-corrected chi connectivity index (χ4v) is 1.24. The van der Waals surface area contributed by atoms with Crippen molar-refractivity contribution in [3.63, 3.8) is 0 Å². The molecular formula is C10H11ClFNO2. The molecule has 0 heterocycles. The van der Waals surface area contributed by atoms with Crippen molar-refractivity contribution in [1.29, 1.82) is 0 Å². The van der Waals surface area contributed by atoms with E-state index in [1.54, 1.807) is 6.07 Å². The van der Waals surface area contributed by atoms with Crippen LogP contribution in [0.5, 0.6) is 0 Å².